The van der Waals surface area contributed by atoms with Crippen molar-refractivity contribution in [2.75, 3.05) is 39.8 Å². The third kappa shape index (κ3) is 3.79. The fourth-order valence-corrected chi connectivity index (χ4v) is 4.54. The standard InChI is InChI=1S/C17H25N3O3S/c1-18-7-8-19(10-14-3-9-24-12-14)13-17(18)4-2-15(21)20(6-5-17)11-16(22)23/h3,9,12H,2,4-8,10-11,13H2,1H3,(H,22,23)/t17-/m1/s1. The number of piperazine rings is 1. The third-order valence-corrected chi connectivity index (χ3v) is 6.13. The van der Waals surface area contributed by atoms with Crippen LogP contribution in [-0.2, 0) is 16.1 Å². The molecule has 2 aliphatic heterocycles. The summed E-state index contributed by atoms with van der Waals surface area (Å²) in [4.78, 5) is 29.6. The molecular formula is C17H25N3O3S. The summed E-state index contributed by atoms with van der Waals surface area (Å²) in [5.74, 6) is -0.965. The second-order valence-corrected chi connectivity index (χ2v) is 7.73. The van der Waals surface area contributed by atoms with Crippen LogP contribution < -0.4 is 0 Å². The highest BCUT2D eigenvalue weighted by Crippen LogP contribution is 2.32. The van der Waals surface area contributed by atoms with Gasteiger partial charge in [-0.05, 0) is 42.3 Å². The molecule has 0 radical (unpaired) electrons. The first kappa shape index (κ1) is 17.4. The van der Waals surface area contributed by atoms with E-state index < -0.39 is 5.97 Å². The summed E-state index contributed by atoms with van der Waals surface area (Å²) < 4.78 is 0. The van der Waals surface area contributed by atoms with E-state index in [4.69, 9.17) is 5.11 Å². The minimum absolute atomic E-state index is 0.0300. The smallest absolute Gasteiger partial charge is 0.323 e. The van der Waals surface area contributed by atoms with E-state index >= 15 is 0 Å². The van der Waals surface area contributed by atoms with Gasteiger partial charge in [-0.2, -0.15) is 11.3 Å². The van der Waals surface area contributed by atoms with Crippen molar-refractivity contribution in [2.45, 2.75) is 31.3 Å². The molecule has 0 aromatic carbocycles. The quantitative estimate of drug-likeness (QED) is 0.887. The molecule has 3 heterocycles. The zero-order valence-electron chi connectivity index (χ0n) is 14.1. The number of likely N-dealkylation sites (N-methyl/N-ethyl adjacent to an activating group) is 1. The van der Waals surface area contributed by atoms with Crippen molar-refractivity contribution >= 4 is 23.2 Å². The van der Waals surface area contributed by atoms with Crippen molar-refractivity contribution in [3.63, 3.8) is 0 Å². The lowest BCUT2D eigenvalue weighted by Gasteiger charge is -2.49. The molecule has 1 N–H and O–H groups in total. The molecule has 0 aliphatic carbocycles. The fourth-order valence-electron chi connectivity index (χ4n) is 3.88. The van der Waals surface area contributed by atoms with Gasteiger partial charge in [0.05, 0.1) is 0 Å². The number of nitrogens with zero attached hydrogens (tertiary/aromatic N) is 3. The van der Waals surface area contributed by atoms with Crippen LogP contribution in [-0.4, -0.2) is 77.0 Å². The third-order valence-electron chi connectivity index (χ3n) is 5.40. The summed E-state index contributed by atoms with van der Waals surface area (Å²) in [5.41, 5.74) is 1.31. The van der Waals surface area contributed by atoms with Crippen LogP contribution in [0.15, 0.2) is 16.8 Å². The molecular weight excluding hydrogens is 326 g/mol. The summed E-state index contributed by atoms with van der Waals surface area (Å²) in [6, 6.07) is 2.17. The second kappa shape index (κ2) is 7.21. The number of rotatable bonds is 4. The molecule has 0 unspecified atom stereocenters. The largest absolute Gasteiger partial charge is 0.480 e. The van der Waals surface area contributed by atoms with Crippen LogP contribution in [0, 0.1) is 0 Å². The van der Waals surface area contributed by atoms with Gasteiger partial charge >= 0.3 is 5.97 Å². The molecule has 0 bridgehead atoms. The topological polar surface area (TPSA) is 64.1 Å². The second-order valence-electron chi connectivity index (χ2n) is 6.95. The number of hydrogen-bond donors (Lipinski definition) is 1. The maximum absolute atomic E-state index is 12.3. The highest BCUT2D eigenvalue weighted by molar-refractivity contribution is 7.07. The number of carbonyl (C=O) groups is 2. The van der Waals surface area contributed by atoms with Gasteiger partial charge < -0.3 is 10.0 Å². The average Bonchev–Trinajstić information content (AvgIpc) is 3.00. The number of hydrogen-bond acceptors (Lipinski definition) is 5. The van der Waals surface area contributed by atoms with E-state index in [1.165, 1.54) is 10.5 Å². The summed E-state index contributed by atoms with van der Waals surface area (Å²) in [6.45, 7) is 4.25. The summed E-state index contributed by atoms with van der Waals surface area (Å²) in [7, 11) is 2.14. The van der Waals surface area contributed by atoms with E-state index in [1.54, 1.807) is 11.3 Å². The first-order chi connectivity index (χ1) is 11.5. The van der Waals surface area contributed by atoms with Gasteiger partial charge in [0, 0.05) is 44.7 Å². The predicted molar refractivity (Wildman–Crippen MR) is 93.0 cm³/mol. The first-order valence-electron chi connectivity index (χ1n) is 8.43. The molecule has 3 rings (SSSR count). The molecule has 1 amide bonds. The highest BCUT2D eigenvalue weighted by Gasteiger charge is 2.42. The summed E-state index contributed by atoms with van der Waals surface area (Å²) in [6.07, 6.45) is 2.07. The van der Waals surface area contributed by atoms with Gasteiger partial charge in [0.25, 0.3) is 0 Å². The van der Waals surface area contributed by atoms with Crippen LogP contribution in [0.4, 0.5) is 0 Å². The van der Waals surface area contributed by atoms with Crippen molar-refractivity contribution in [1.29, 1.82) is 0 Å². The van der Waals surface area contributed by atoms with E-state index in [0.717, 1.165) is 39.0 Å². The molecule has 2 saturated heterocycles. The van der Waals surface area contributed by atoms with E-state index in [2.05, 4.69) is 33.7 Å². The summed E-state index contributed by atoms with van der Waals surface area (Å²) >= 11 is 1.72. The lowest BCUT2D eigenvalue weighted by Crippen LogP contribution is -2.60. The van der Waals surface area contributed by atoms with Crippen molar-refractivity contribution < 1.29 is 14.7 Å². The van der Waals surface area contributed by atoms with Gasteiger partial charge in [-0.15, -0.1) is 0 Å². The zero-order valence-corrected chi connectivity index (χ0v) is 14.9. The van der Waals surface area contributed by atoms with Crippen molar-refractivity contribution in [1.82, 2.24) is 14.7 Å². The first-order valence-corrected chi connectivity index (χ1v) is 9.37. The predicted octanol–water partition coefficient (Wildman–Crippen LogP) is 1.33. The molecule has 7 heteroatoms. The Bertz CT molecular complexity index is 592. The van der Waals surface area contributed by atoms with E-state index in [1.807, 2.05) is 0 Å². The molecule has 1 aromatic rings. The number of aliphatic carboxylic acids is 1. The summed E-state index contributed by atoms with van der Waals surface area (Å²) in [5, 5.41) is 13.3. The van der Waals surface area contributed by atoms with E-state index in [0.29, 0.717) is 13.0 Å². The monoisotopic (exact) mass is 351 g/mol. The molecule has 1 aromatic heterocycles. The zero-order chi connectivity index (χ0) is 17.2. The lowest BCUT2D eigenvalue weighted by molar-refractivity contribution is -0.144. The number of amides is 1. The number of thiophene rings is 1. The van der Waals surface area contributed by atoms with Gasteiger partial charge in [-0.1, -0.05) is 0 Å². The molecule has 132 valence electrons. The van der Waals surface area contributed by atoms with Crippen molar-refractivity contribution in [3.05, 3.63) is 22.4 Å². The van der Waals surface area contributed by atoms with Gasteiger partial charge in [-0.25, -0.2) is 0 Å². The molecule has 6 nitrogen and oxygen atoms in total. The minimum Gasteiger partial charge on any atom is -0.480 e. The Morgan fingerprint density at radius 2 is 2.17 bits per heavy atom. The van der Waals surface area contributed by atoms with Gasteiger partial charge in [0.2, 0.25) is 5.91 Å². The van der Waals surface area contributed by atoms with Crippen LogP contribution in [0.25, 0.3) is 0 Å². The van der Waals surface area contributed by atoms with Crippen LogP contribution in [0.5, 0.6) is 0 Å². The number of carboxylic acid groups (broad SMARTS) is 1. The highest BCUT2D eigenvalue weighted by atomic mass is 32.1. The van der Waals surface area contributed by atoms with Crippen molar-refractivity contribution in [2.24, 2.45) is 0 Å². The normalized spacial score (nSPS) is 26.7. The average molecular weight is 351 g/mol. The molecule has 1 atom stereocenters. The fraction of sp³-hybridized carbons (Fsp3) is 0.647. The van der Waals surface area contributed by atoms with Crippen LogP contribution in [0.1, 0.15) is 24.8 Å². The molecule has 1 spiro atoms. The molecule has 2 aliphatic rings. The molecule has 0 saturated carbocycles. The maximum atomic E-state index is 12.3. The van der Waals surface area contributed by atoms with Crippen LogP contribution >= 0.6 is 11.3 Å². The molecule has 24 heavy (non-hydrogen) atoms. The van der Waals surface area contributed by atoms with Crippen LogP contribution in [0.2, 0.25) is 0 Å². The Hall–Kier alpha value is -1.44. The van der Waals surface area contributed by atoms with E-state index in [-0.39, 0.29) is 18.0 Å². The minimum atomic E-state index is -0.935. The lowest BCUT2D eigenvalue weighted by atomic mass is 9.86. The SMILES string of the molecule is CN1CCN(Cc2ccsc2)C[C@]12CCC(=O)N(CC(=O)O)CC2. The van der Waals surface area contributed by atoms with Gasteiger partial charge in [0.15, 0.2) is 0 Å². The Balaban J connectivity index is 1.69. The number of carbonyl (C=O) groups excluding carboxylic acids is 1. The Kier molecular flexibility index (Phi) is 5.22. The van der Waals surface area contributed by atoms with E-state index in [9.17, 15) is 9.59 Å². The van der Waals surface area contributed by atoms with Crippen LogP contribution in [0.3, 0.4) is 0 Å². The van der Waals surface area contributed by atoms with Gasteiger partial charge in [-0.3, -0.25) is 19.4 Å². The van der Waals surface area contributed by atoms with Crippen molar-refractivity contribution in [3.8, 4) is 0 Å². The Labute approximate surface area is 146 Å². The maximum Gasteiger partial charge on any atom is 0.323 e. The number of carboxylic acids is 1. The van der Waals surface area contributed by atoms with Gasteiger partial charge in [0.1, 0.15) is 6.54 Å². The molecule has 2 fully saturated rings. The Morgan fingerprint density at radius 1 is 1.33 bits per heavy atom. The number of likely N-dealkylation sites (tertiary alicyclic amines) is 1. The Morgan fingerprint density at radius 3 is 2.88 bits per heavy atom.